The molecule has 0 aliphatic heterocycles. The third-order valence-corrected chi connectivity index (χ3v) is 3.87. The Morgan fingerprint density at radius 2 is 1.81 bits per heavy atom. The molecule has 0 radical (unpaired) electrons. The first-order valence-corrected chi connectivity index (χ1v) is 6.67. The summed E-state index contributed by atoms with van der Waals surface area (Å²) in [7, 11) is 0. The number of nitrogens with two attached hydrogens (primary N) is 1. The maximum Gasteiger partial charge on any atom is 0.0300 e. The Bertz CT molecular complexity index is 368. The minimum Gasteiger partial charge on any atom is -0.324 e. The molecule has 2 N–H and O–H groups in total. The highest BCUT2D eigenvalue weighted by Gasteiger charge is 2.19. The van der Waals surface area contributed by atoms with Crippen LogP contribution in [-0.4, -0.2) is 0 Å². The van der Waals surface area contributed by atoms with E-state index in [-0.39, 0.29) is 6.04 Å². The molecular formula is C15H23N. The molecule has 0 aromatic heterocycles. The zero-order valence-corrected chi connectivity index (χ0v) is 10.6. The van der Waals surface area contributed by atoms with Crippen LogP contribution in [0.2, 0.25) is 0 Å². The summed E-state index contributed by atoms with van der Waals surface area (Å²) < 4.78 is 0. The number of benzene rings is 1. The average Bonchev–Trinajstić information content (AvgIpc) is 2.51. The minimum atomic E-state index is 0.277. The molecular weight excluding hydrogens is 194 g/mol. The average molecular weight is 217 g/mol. The number of aryl methyl sites for hydroxylation is 2. The van der Waals surface area contributed by atoms with Crippen molar-refractivity contribution >= 4 is 0 Å². The molecule has 0 saturated heterocycles. The van der Waals surface area contributed by atoms with Gasteiger partial charge in [-0.15, -0.1) is 0 Å². The van der Waals surface area contributed by atoms with Gasteiger partial charge in [0.15, 0.2) is 0 Å². The molecule has 1 atom stereocenters. The Morgan fingerprint density at radius 3 is 2.50 bits per heavy atom. The van der Waals surface area contributed by atoms with Gasteiger partial charge in [-0.25, -0.2) is 0 Å². The molecule has 2 rings (SSSR count). The van der Waals surface area contributed by atoms with Gasteiger partial charge in [0.05, 0.1) is 0 Å². The molecule has 0 spiro atoms. The highest BCUT2D eigenvalue weighted by Crippen LogP contribution is 2.32. The monoisotopic (exact) mass is 217 g/mol. The number of hydrogen-bond acceptors (Lipinski definition) is 1. The first-order chi connectivity index (χ1) is 7.77. The van der Waals surface area contributed by atoms with Crippen molar-refractivity contribution in [2.45, 2.75) is 58.4 Å². The summed E-state index contributed by atoms with van der Waals surface area (Å²) in [6, 6.07) is 4.89. The van der Waals surface area contributed by atoms with Gasteiger partial charge in [-0.05, 0) is 54.4 Å². The Balaban J connectivity index is 2.56. The van der Waals surface area contributed by atoms with E-state index < -0.39 is 0 Å². The van der Waals surface area contributed by atoms with Crippen LogP contribution in [0.3, 0.4) is 0 Å². The molecule has 1 heteroatoms. The standard InChI is InChI=1S/C15H23N/c1-3-11-9-10-12(4-2)15-13(11)7-5-6-8-14(15)16/h9-10,14H,3-8,16H2,1-2H3/t14-/m0/s1. The topological polar surface area (TPSA) is 26.0 Å². The van der Waals surface area contributed by atoms with E-state index in [0.717, 1.165) is 19.3 Å². The predicted octanol–water partition coefficient (Wildman–Crippen LogP) is 3.54. The molecule has 0 fully saturated rings. The van der Waals surface area contributed by atoms with E-state index in [1.54, 1.807) is 5.56 Å². The van der Waals surface area contributed by atoms with Gasteiger partial charge in [0.2, 0.25) is 0 Å². The smallest absolute Gasteiger partial charge is 0.0300 e. The van der Waals surface area contributed by atoms with Crippen LogP contribution in [0, 0.1) is 0 Å². The van der Waals surface area contributed by atoms with Crippen LogP contribution in [0.1, 0.15) is 61.4 Å². The Morgan fingerprint density at radius 1 is 1.12 bits per heavy atom. The molecule has 0 saturated carbocycles. The molecule has 1 aliphatic rings. The van der Waals surface area contributed by atoms with Gasteiger partial charge in [0.25, 0.3) is 0 Å². The second-order valence-electron chi connectivity index (χ2n) is 4.84. The van der Waals surface area contributed by atoms with Gasteiger partial charge >= 0.3 is 0 Å². The second kappa shape index (κ2) is 5.01. The fourth-order valence-corrected chi connectivity index (χ4v) is 2.97. The van der Waals surface area contributed by atoms with Gasteiger partial charge in [-0.3, -0.25) is 0 Å². The highest BCUT2D eigenvalue weighted by molar-refractivity contribution is 5.44. The van der Waals surface area contributed by atoms with E-state index in [9.17, 15) is 0 Å². The number of fused-ring (bicyclic) bond motifs is 1. The normalized spacial score (nSPS) is 20.3. The molecule has 1 aliphatic carbocycles. The van der Waals surface area contributed by atoms with E-state index >= 15 is 0 Å². The second-order valence-corrected chi connectivity index (χ2v) is 4.84. The van der Waals surface area contributed by atoms with Crippen molar-refractivity contribution in [2.24, 2.45) is 5.73 Å². The van der Waals surface area contributed by atoms with Crippen LogP contribution in [0.25, 0.3) is 0 Å². The van der Waals surface area contributed by atoms with E-state index in [0.29, 0.717) is 0 Å². The van der Waals surface area contributed by atoms with Crippen molar-refractivity contribution in [1.82, 2.24) is 0 Å². The molecule has 1 nitrogen and oxygen atoms in total. The van der Waals surface area contributed by atoms with Crippen molar-refractivity contribution in [3.05, 3.63) is 34.4 Å². The number of hydrogen-bond donors (Lipinski definition) is 1. The summed E-state index contributed by atoms with van der Waals surface area (Å²) in [5.41, 5.74) is 12.4. The van der Waals surface area contributed by atoms with Crippen molar-refractivity contribution in [1.29, 1.82) is 0 Å². The van der Waals surface area contributed by atoms with Gasteiger partial charge in [0, 0.05) is 6.04 Å². The third-order valence-electron chi connectivity index (χ3n) is 3.87. The van der Waals surface area contributed by atoms with E-state index in [1.165, 1.54) is 36.0 Å². The molecule has 1 aromatic carbocycles. The summed E-state index contributed by atoms with van der Waals surface area (Å²) in [5.74, 6) is 0. The molecule has 1 aromatic rings. The molecule has 0 unspecified atom stereocenters. The lowest BCUT2D eigenvalue weighted by atomic mass is 9.88. The third kappa shape index (κ3) is 2.01. The lowest BCUT2D eigenvalue weighted by molar-refractivity contribution is 0.612. The first kappa shape index (κ1) is 11.7. The van der Waals surface area contributed by atoms with Crippen LogP contribution in [0.5, 0.6) is 0 Å². The minimum absolute atomic E-state index is 0.277. The van der Waals surface area contributed by atoms with Crippen molar-refractivity contribution in [2.75, 3.05) is 0 Å². The molecule has 0 heterocycles. The van der Waals surface area contributed by atoms with Gasteiger partial charge < -0.3 is 5.73 Å². The fraction of sp³-hybridized carbons (Fsp3) is 0.600. The van der Waals surface area contributed by atoms with Crippen LogP contribution in [-0.2, 0) is 19.3 Å². The summed E-state index contributed by atoms with van der Waals surface area (Å²) in [5, 5.41) is 0. The van der Waals surface area contributed by atoms with Crippen LogP contribution < -0.4 is 5.73 Å². The molecule has 16 heavy (non-hydrogen) atoms. The van der Waals surface area contributed by atoms with E-state index in [1.807, 2.05) is 0 Å². The lowest BCUT2D eigenvalue weighted by Crippen LogP contribution is -2.14. The highest BCUT2D eigenvalue weighted by atomic mass is 14.6. The molecule has 88 valence electrons. The quantitative estimate of drug-likeness (QED) is 0.753. The van der Waals surface area contributed by atoms with Crippen LogP contribution >= 0.6 is 0 Å². The van der Waals surface area contributed by atoms with Gasteiger partial charge in [-0.1, -0.05) is 32.4 Å². The van der Waals surface area contributed by atoms with Crippen LogP contribution in [0.4, 0.5) is 0 Å². The maximum absolute atomic E-state index is 6.35. The van der Waals surface area contributed by atoms with E-state index in [4.69, 9.17) is 5.73 Å². The largest absolute Gasteiger partial charge is 0.324 e. The summed E-state index contributed by atoms with van der Waals surface area (Å²) in [4.78, 5) is 0. The van der Waals surface area contributed by atoms with Crippen molar-refractivity contribution in [3.63, 3.8) is 0 Å². The van der Waals surface area contributed by atoms with Gasteiger partial charge in [0.1, 0.15) is 0 Å². The molecule has 0 amide bonds. The Kier molecular flexibility index (Phi) is 3.65. The molecule has 0 bridgehead atoms. The predicted molar refractivity (Wildman–Crippen MR) is 69.7 cm³/mol. The van der Waals surface area contributed by atoms with Crippen molar-refractivity contribution < 1.29 is 0 Å². The Labute approximate surface area is 99.0 Å². The Hall–Kier alpha value is -0.820. The fourth-order valence-electron chi connectivity index (χ4n) is 2.97. The first-order valence-electron chi connectivity index (χ1n) is 6.67. The lowest BCUT2D eigenvalue weighted by Gasteiger charge is -2.20. The van der Waals surface area contributed by atoms with Crippen molar-refractivity contribution in [3.8, 4) is 0 Å². The zero-order chi connectivity index (χ0) is 11.5. The summed E-state index contributed by atoms with van der Waals surface area (Å²) in [6.45, 7) is 4.48. The summed E-state index contributed by atoms with van der Waals surface area (Å²) >= 11 is 0. The zero-order valence-electron chi connectivity index (χ0n) is 10.6. The SMILES string of the molecule is CCc1ccc(CC)c2c1CCCC[C@@H]2N. The number of rotatable bonds is 2. The van der Waals surface area contributed by atoms with E-state index in [2.05, 4.69) is 26.0 Å². The summed E-state index contributed by atoms with van der Waals surface area (Å²) in [6.07, 6.45) is 7.23. The maximum atomic E-state index is 6.35. The van der Waals surface area contributed by atoms with Crippen LogP contribution in [0.15, 0.2) is 12.1 Å². The van der Waals surface area contributed by atoms with Gasteiger partial charge in [-0.2, -0.15) is 0 Å².